The third-order valence-corrected chi connectivity index (χ3v) is 6.66. The van der Waals surface area contributed by atoms with Crippen LogP contribution in [0.4, 0.5) is 14.5 Å². The van der Waals surface area contributed by atoms with E-state index in [-0.39, 0.29) is 17.5 Å². The number of likely N-dealkylation sites (N-methyl/N-ethyl adjacent to an activating group) is 1. The van der Waals surface area contributed by atoms with Crippen LogP contribution in [0.25, 0.3) is 11.8 Å². The summed E-state index contributed by atoms with van der Waals surface area (Å²) in [6, 6.07) is 12.7. The summed E-state index contributed by atoms with van der Waals surface area (Å²) in [6.45, 7) is 6.14. The van der Waals surface area contributed by atoms with Crippen molar-refractivity contribution in [3.8, 4) is 5.69 Å². The van der Waals surface area contributed by atoms with Crippen LogP contribution in [-0.4, -0.2) is 27.1 Å². The maximum Gasteiger partial charge on any atom is 0.266 e. The molecule has 0 aliphatic carbocycles. The van der Waals surface area contributed by atoms with E-state index in [4.69, 9.17) is 0 Å². The molecule has 164 valence electrons. The zero-order valence-electron chi connectivity index (χ0n) is 17.7. The van der Waals surface area contributed by atoms with Crippen molar-refractivity contribution in [2.24, 2.45) is 4.99 Å². The molecule has 1 aromatic heterocycles. The maximum absolute atomic E-state index is 14.6. The predicted molar refractivity (Wildman–Crippen MR) is 129 cm³/mol. The van der Waals surface area contributed by atoms with E-state index in [1.165, 1.54) is 30.0 Å². The molecule has 8 heteroatoms. The number of halogens is 3. The largest absolute Gasteiger partial charge is 0.315 e. The Labute approximate surface area is 197 Å². The Morgan fingerprint density at radius 2 is 1.81 bits per heavy atom. The lowest BCUT2D eigenvalue weighted by Crippen LogP contribution is -2.28. The van der Waals surface area contributed by atoms with Crippen molar-refractivity contribution in [3.63, 3.8) is 0 Å². The normalized spacial score (nSPS) is 16.6. The summed E-state index contributed by atoms with van der Waals surface area (Å²) >= 11 is 4.56. The Hall–Kier alpha value is -2.71. The topological polar surface area (TPSA) is 37.6 Å². The highest BCUT2D eigenvalue weighted by Gasteiger charge is 2.32. The van der Waals surface area contributed by atoms with Crippen LogP contribution in [0.3, 0.4) is 0 Å². The molecule has 1 fully saturated rings. The third kappa shape index (κ3) is 4.29. The average Bonchev–Trinajstić information content (AvgIpc) is 3.19. The highest BCUT2D eigenvalue weighted by atomic mass is 79.9. The SMILES string of the molecule is CCN1C(=O)/C(=C\c2cc(C)n(-c3ccc(Br)cc3F)c2C)SC1=Nc1ccc(F)cc1. The number of aliphatic imine (C=N–C) groups is 1. The quantitative estimate of drug-likeness (QED) is 0.360. The first kappa shape index (κ1) is 22.5. The first-order valence-corrected chi connectivity index (χ1v) is 11.6. The van der Waals surface area contributed by atoms with E-state index in [0.717, 1.165) is 17.0 Å². The zero-order chi connectivity index (χ0) is 23.0. The molecule has 3 aromatic rings. The van der Waals surface area contributed by atoms with E-state index in [1.807, 2.05) is 37.5 Å². The van der Waals surface area contributed by atoms with Crippen LogP contribution in [-0.2, 0) is 4.79 Å². The minimum atomic E-state index is -0.338. The van der Waals surface area contributed by atoms with Crippen LogP contribution in [0.1, 0.15) is 23.9 Å². The molecule has 0 N–H and O–H groups in total. The number of amides is 1. The molecule has 4 rings (SSSR count). The number of hydrogen-bond donors (Lipinski definition) is 0. The van der Waals surface area contributed by atoms with Crippen molar-refractivity contribution >= 4 is 50.5 Å². The summed E-state index contributed by atoms with van der Waals surface area (Å²) in [5, 5.41) is 0.545. The minimum absolute atomic E-state index is 0.141. The molecule has 0 atom stereocenters. The summed E-state index contributed by atoms with van der Waals surface area (Å²) in [7, 11) is 0. The number of carbonyl (C=O) groups excluding carboxylic acids is 1. The van der Waals surface area contributed by atoms with E-state index >= 15 is 0 Å². The summed E-state index contributed by atoms with van der Waals surface area (Å²) < 4.78 is 30.3. The van der Waals surface area contributed by atoms with Crippen LogP contribution < -0.4 is 0 Å². The molecule has 0 spiro atoms. The number of benzene rings is 2. The number of nitrogens with zero attached hydrogens (tertiary/aromatic N) is 3. The molecule has 1 aliphatic rings. The van der Waals surface area contributed by atoms with Gasteiger partial charge in [-0.15, -0.1) is 0 Å². The number of aryl methyl sites for hydroxylation is 1. The number of hydrogen-bond acceptors (Lipinski definition) is 3. The van der Waals surface area contributed by atoms with Gasteiger partial charge in [-0.05, 0) is 92.7 Å². The lowest BCUT2D eigenvalue weighted by molar-refractivity contribution is -0.122. The van der Waals surface area contributed by atoms with Gasteiger partial charge in [-0.3, -0.25) is 9.69 Å². The molecule has 0 bridgehead atoms. The van der Waals surface area contributed by atoms with Gasteiger partial charge in [0.05, 0.1) is 16.3 Å². The fraction of sp³-hybridized carbons (Fsp3) is 0.167. The van der Waals surface area contributed by atoms with Crippen molar-refractivity contribution in [1.82, 2.24) is 9.47 Å². The third-order valence-electron chi connectivity index (χ3n) is 5.16. The van der Waals surface area contributed by atoms with Gasteiger partial charge < -0.3 is 4.57 Å². The van der Waals surface area contributed by atoms with Gasteiger partial charge in [0.1, 0.15) is 11.6 Å². The van der Waals surface area contributed by atoms with Gasteiger partial charge in [0.25, 0.3) is 5.91 Å². The van der Waals surface area contributed by atoms with Gasteiger partial charge in [-0.25, -0.2) is 13.8 Å². The van der Waals surface area contributed by atoms with Crippen LogP contribution in [0.5, 0.6) is 0 Å². The summed E-state index contributed by atoms with van der Waals surface area (Å²) in [4.78, 5) is 19.6. The molecule has 1 aliphatic heterocycles. The van der Waals surface area contributed by atoms with E-state index in [1.54, 1.807) is 29.2 Å². The number of rotatable bonds is 4. The van der Waals surface area contributed by atoms with Gasteiger partial charge in [0.15, 0.2) is 5.17 Å². The highest BCUT2D eigenvalue weighted by Crippen LogP contribution is 2.35. The fourth-order valence-electron chi connectivity index (χ4n) is 3.60. The predicted octanol–water partition coefficient (Wildman–Crippen LogP) is 6.76. The molecule has 0 unspecified atom stereocenters. The first-order valence-electron chi connectivity index (χ1n) is 9.98. The maximum atomic E-state index is 14.6. The first-order chi connectivity index (χ1) is 15.3. The lowest BCUT2D eigenvalue weighted by atomic mass is 10.2. The standard InChI is InChI=1S/C24H20BrF2N3OS/c1-4-29-23(31)22(32-24(29)28-19-8-6-18(26)7-9-19)12-16-11-14(2)30(15(16)3)21-10-5-17(25)13-20(21)27/h5-13H,4H2,1-3H3/b22-12+,28-24?. The van der Waals surface area contributed by atoms with Crippen molar-refractivity contribution in [2.45, 2.75) is 20.8 Å². The van der Waals surface area contributed by atoms with Crippen molar-refractivity contribution in [3.05, 3.63) is 86.5 Å². The molecule has 2 heterocycles. The molecule has 2 aromatic carbocycles. The molecule has 4 nitrogen and oxygen atoms in total. The van der Waals surface area contributed by atoms with Crippen molar-refractivity contribution in [1.29, 1.82) is 0 Å². The Kier molecular flexibility index (Phi) is 6.35. The Bertz CT molecular complexity index is 1260. The number of thioether (sulfide) groups is 1. The summed E-state index contributed by atoms with van der Waals surface area (Å²) in [6.07, 6.45) is 1.82. The smallest absolute Gasteiger partial charge is 0.266 e. The second-order valence-electron chi connectivity index (χ2n) is 7.29. The van der Waals surface area contributed by atoms with E-state index < -0.39 is 0 Å². The van der Waals surface area contributed by atoms with Gasteiger partial charge in [-0.2, -0.15) is 0 Å². The molecule has 32 heavy (non-hydrogen) atoms. The average molecular weight is 516 g/mol. The molecule has 1 amide bonds. The summed E-state index contributed by atoms with van der Waals surface area (Å²) in [5.41, 5.74) is 3.55. The molecule has 0 radical (unpaired) electrons. The molecule has 0 saturated carbocycles. The van der Waals surface area contributed by atoms with E-state index in [0.29, 0.717) is 32.5 Å². The number of amidine groups is 1. The monoisotopic (exact) mass is 515 g/mol. The van der Waals surface area contributed by atoms with Gasteiger partial charge >= 0.3 is 0 Å². The Morgan fingerprint density at radius 3 is 2.47 bits per heavy atom. The van der Waals surface area contributed by atoms with Gasteiger partial charge in [0.2, 0.25) is 0 Å². The molecular formula is C24H20BrF2N3OS. The highest BCUT2D eigenvalue weighted by molar-refractivity contribution is 9.10. The number of aromatic nitrogens is 1. The Balaban J connectivity index is 1.71. The zero-order valence-corrected chi connectivity index (χ0v) is 20.1. The van der Waals surface area contributed by atoms with Crippen molar-refractivity contribution in [2.75, 3.05) is 6.54 Å². The van der Waals surface area contributed by atoms with Gasteiger partial charge in [-0.1, -0.05) is 15.9 Å². The van der Waals surface area contributed by atoms with E-state index in [9.17, 15) is 13.6 Å². The van der Waals surface area contributed by atoms with Gasteiger partial charge in [0, 0.05) is 22.4 Å². The Morgan fingerprint density at radius 1 is 1.09 bits per heavy atom. The van der Waals surface area contributed by atoms with Crippen LogP contribution in [0.2, 0.25) is 0 Å². The molecular weight excluding hydrogens is 496 g/mol. The van der Waals surface area contributed by atoms with Crippen LogP contribution in [0, 0.1) is 25.5 Å². The van der Waals surface area contributed by atoms with Crippen molar-refractivity contribution < 1.29 is 13.6 Å². The fourth-order valence-corrected chi connectivity index (χ4v) is 4.99. The lowest BCUT2D eigenvalue weighted by Gasteiger charge is -2.12. The summed E-state index contributed by atoms with van der Waals surface area (Å²) in [5.74, 6) is -0.815. The second kappa shape index (κ2) is 9.03. The van der Waals surface area contributed by atoms with E-state index in [2.05, 4.69) is 20.9 Å². The number of carbonyl (C=O) groups is 1. The molecule has 1 saturated heterocycles. The van der Waals surface area contributed by atoms with Crippen LogP contribution in [0.15, 0.2) is 62.9 Å². The minimum Gasteiger partial charge on any atom is -0.315 e. The van der Waals surface area contributed by atoms with Crippen LogP contribution >= 0.6 is 27.7 Å². The second-order valence-corrected chi connectivity index (χ2v) is 9.21.